The molecule has 6 heteroatoms. The molecule has 0 spiro atoms. The van der Waals surface area contributed by atoms with E-state index in [2.05, 4.69) is 10.6 Å². The van der Waals surface area contributed by atoms with Crippen molar-refractivity contribution < 1.29 is 19.5 Å². The van der Waals surface area contributed by atoms with E-state index in [1.807, 2.05) is 0 Å². The van der Waals surface area contributed by atoms with E-state index in [1.165, 1.54) is 37.3 Å². The van der Waals surface area contributed by atoms with Crippen LogP contribution in [0.4, 0.5) is 0 Å². The van der Waals surface area contributed by atoms with E-state index in [0.29, 0.717) is 0 Å². The molecule has 1 atom stereocenters. The van der Waals surface area contributed by atoms with Crippen LogP contribution in [0, 0.1) is 0 Å². The maximum absolute atomic E-state index is 11.8. The Morgan fingerprint density at radius 1 is 1.25 bits per heavy atom. The van der Waals surface area contributed by atoms with Gasteiger partial charge in [-0.1, -0.05) is 11.1 Å². The highest BCUT2D eigenvalue weighted by Crippen LogP contribution is 2.38. The second-order valence-corrected chi connectivity index (χ2v) is 5.53. The van der Waals surface area contributed by atoms with Crippen molar-refractivity contribution in [1.82, 2.24) is 10.6 Å². The lowest BCUT2D eigenvalue weighted by Crippen LogP contribution is -2.47. The Labute approximate surface area is 117 Å². The van der Waals surface area contributed by atoms with E-state index < -0.39 is 17.9 Å². The molecule has 0 aromatic carbocycles. The minimum absolute atomic E-state index is 0.123. The summed E-state index contributed by atoms with van der Waals surface area (Å²) >= 11 is 0. The van der Waals surface area contributed by atoms with Crippen molar-refractivity contribution in [2.75, 3.05) is 0 Å². The summed E-state index contributed by atoms with van der Waals surface area (Å²) in [4.78, 5) is 33.6. The predicted octanol–water partition coefficient (Wildman–Crippen LogP) is 0.725. The smallest absolute Gasteiger partial charge is 0.326 e. The molecule has 3 N–H and O–H groups in total. The number of carboxylic acid groups (broad SMARTS) is 1. The quantitative estimate of drug-likeness (QED) is 0.647. The Bertz CT molecular complexity index is 456. The van der Waals surface area contributed by atoms with Gasteiger partial charge >= 0.3 is 5.97 Å². The van der Waals surface area contributed by atoms with Gasteiger partial charge in [0.1, 0.15) is 6.04 Å². The van der Waals surface area contributed by atoms with Gasteiger partial charge in [-0.3, -0.25) is 9.59 Å². The maximum Gasteiger partial charge on any atom is 0.326 e. The number of hydrogen-bond acceptors (Lipinski definition) is 3. The van der Waals surface area contributed by atoms with Gasteiger partial charge in [-0.2, -0.15) is 0 Å². The maximum atomic E-state index is 11.8. The van der Waals surface area contributed by atoms with E-state index >= 15 is 0 Å². The van der Waals surface area contributed by atoms with Crippen molar-refractivity contribution >= 4 is 17.8 Å². The molecule has 2 rings (SSSR count). The highest BCUT2D eigenvalue weighted by Gasteiger charge is 2.30. The van der Waals surface area contributed by atoms with Crippen molar-refractivity contribution in [3.05, 3.63) is 11.1 Å². The first-order valence-electron chi connectivity index (χ1n) is 6.94. The molecule has 0 saturated heterocycles. The molecule has 2 fully saturated rings. The van der Waals surface area contributed by atoms with Crippen LogP contribution in [-0.4, -0.2) is 35.0 Å². The minimum Gasteiger partial charge on any atom is -0.480 e. The zero-order valence-electron chi connectivity index (χ0n) is 11.6. The molecule has 0 radical (unpaired) electrons. The van der Waals surface area contributed by atoms with Crippen LogP contribution < -0.4 is 10.6 Å². The Morgan fingerprint density at radius 3 is 2.35 bits per heavy atom. The molecule has 0 bridgehead atoms. The van der Waals surface area contributed by atoms with Crippen LogP contribution in [0.15, 0.2) is 11.1 Å². The summed E-state index contributed by atoms with van der Waals surface area (Å²) in [5.74, 6) is -1.97. The van der Waals surface area contributed by atoms with Crippen LogP contribution in [0.5, 0.6) is 0 Å². The molecule has 0 heterocycles. The summed E-state index contributed by atoms with van der Waals surface area (Å²) in [7, 11) is 0. The zero-order valence-corrected chi connectivity index (χ0v) is 11.6. The summed E-state index contributed by atoms with van der Waals surface area (Å²) in [6.45, 7) is 1.23. The summed E-state index contributed by atoms with van der Waals surface area (Å²) < 4.78 is 0. The van der Waals surface area contributed by atoms with Gasteiger partial charge in [-0.15, -0.1) is 0 Å². The first-order chi connectivity index (χ1) is 9.45. The molecule has 0 aromatic heterocycles. The van der Waals surface area contributed by atoms with Crippen LogP contribution in [-0.2, 0) is 14.4 Å². The molecule has 2 aliphatic rings. The molecule has 6 nitrogen and oxygen atoms in total. The first kappa shape index (κ1) is 14.6. The molecule has 20 heavy (non-hydrogen) atoms. The third-order valence-corrected chi connectivity index (χ3v) is 3.87. The van der Waals surface area contributed by atoms with Gasteiger partial charge in [-0.25, -0.2) is 4.79 Å². The van der Waals surface area contributed by atoms with Crippen molar-refractivity contribution in [2.24, 2.45) is 0 Å². The monoisotopic (exact) mass is 280 g/mol. The van der Waals surface area contributed by atoms with Crippen LogP contribution in [0.25, 0.3) is 0 Å². The van der Waals surface area contributed by atoms with Crippen molar-refractivity contribution in [3.63, 3.8) is 0 Å². The standard InChI is InChI=1S/C14H20N2O4/c1-8(17)15-12(14(19)20)7-13(18)16-11-5-10(6-11)9-3-2-4-9/h11-12H,2-7H2,1H3,(H,15,17)(H,16,18)(H,19,20)/t12-/m0/s1. The fourth-order valence-electron chi connectivity index (χ4n) is 2.55. The Kier molecular flexibility index (Phi) is 4.42. The SMILES string of the molecule is CC(=O)N[C@@H](CC(=O)NC1CC(=C2CCC2)C1)C(=O)O. The number of hydrogen-bond donors (Lipinski definition) is 3. The van der Waals surface area contributed by atoms with Crippen LogP contribution in [0.2, 0.25) is 0 Å². The Hall–Kier alpha value is -1.85. The second-order valence-electron chi connectivity index (χ2n) is 5.53. The number of carbonyl (C=O) groups excluding carboxylic acids is 2. The lowest BCUT2D eigenvalue weighted by atomic mass is 9.76. The molecule has 2 aliphatic carbocycles. The van der Waals surface area contributed by atoms with Gasteiger partial charge in [0, 0.05) is 13.0 Å². The van der Waals surface area contributed by atoms with Crippen LogP contribution in [0.3, 0.4) is 0 Å². The molecular formula is C14H20N2O4. The Balaban J connectivity index is 1.75. The van der Waals surface area contributed by atoms with Gasteiger partial charge in [0.2, 0.25) is 11.8 Å². The summed E-state index contributed by atoms with van der Waals surface area (Å²) in [5.41, 5.74) is 3.00. The third kappa shape index (κ3) is 3.59. The molecule has 0 aromatic rings. The van der Waals surface area contributed by atoms with E-state index in [9.17, 15) is 14.4 Å². The number of allylic oxidation sites excluding steroid dienone is 1. The highest BCUT2D eigenvalue weighted by atomic mass is 16.4. The average Bonchev–Trinajstić information content (AvgIpc) is 2.21. The zero-order chi connectivity index (χ0) is 14.7. The van der Waals surface area contributed by atoms with E-state index in [4.69, 9.17) is 5.11 Å². The first-order valence-corrected chi connectivity index (χ1v) is 6.94. The minimum atomic E-state index is -1.19. The summed E-state index contributed by atoms with van der Waals surface area (Å²) in [6.07, 6.45) is 5.21. The van der Waals surface area contributed by atoms with E-state index in [1.54, 1.807) is 0 Å². The van der Waals surface area contributed by atoms with Crippen molar-refractivity contribution in [1.29, 1.82) is 0 Å². The van der Waals surface area contributed by atoms with Gasteiger partial charge in [-0.05, 0) is 32.1 Å². The lowest BCUT2D eigenvalue weighted by Gasteiger charge is -2.35. The third-order valence-electron chi connectivity index (χ3n) is 3.87. The van der Waals surface area contributed by atoms with E-state index in [0.717, 1.165) is 12.8 Å². The largest absolute Gasteiger partial charge is 0.480 e. The average molecular weight is 280 g/mol. The number of nitrogens with one attached hydrogen (secondary N) is 2. The number of amides is 2. The predicted molar refractivity (Wildman–Crippen MR) is 71.9 cm³/mol. The van der Waals surface area contributed by atoms with Gasteiger partial charge in [0.05, 0.1) is 6.42 Å². The van der Waals surface area contributed by atoms with Gasteiger partial charge in [0.25, 0.3) is 0 Å². The summed E-state index contributed by atoms with van der Waals surface area (Å²) in [5, 5.41) is 14.0. The van der Waals surface area contributed by atoms with Crippen molar-refractivity contribution in [3.8, 4) is 0 Å². The Morgan fingerprint density at radius 2 is 1.90 bits per heavy atom. The van der Waals surface area contributed by atoms with E-state index in [-0.39, 0.29) is 18.4 Å². The van der Waals surface area contributed by atoms with Crippen molar-refractivity contribution in [2.45, 2.75) is 57.5 Å². The molecule has 2 amide bonds. The van der Waals surface area contributed by atoms with Crippen LogP contribution >= 0.6 is 0 Å². The molecular weight excluding hydrogens is 260 g/mol. The number of carbonyl (C=O) groups is 3. The molecule has 0 aliphatic heterocycles. The topological polar surface area (TPSA) is 95.5 Å². The molecule has 0 unspecified atom stereocenters. The molecule has 110 valence electrons. The number of aliphatic carboxylic acids is 1. The second kappa shape index (κ2) is 6.07. The normalized spacial score (nSPS) is 22.4. The van der Waals surface area contributed by atoms with Gasteiger partial charge in [0.15, 0.2) is 0 Å². The summed E-state index contributed by atoms with van der Waals surface area (Å²) in [6, 6.07) is -1.03. The fourth-order valence-corrected chi connectivity index (χ4v) is 2.55. The molecule has 2 saturated carbocycles. The number of rotatable bonds is 5. The van der Waals surface area contributed by atoms with Crippen LogP contribution in [0.1, 0.15) is 45.4 Å². The fraction of sp³-hybridized carbons (Fsp3) is 0.643. The lowest BCUT2D eigenvalue weighted by molar-refractivity contribution is -0.143. The number of carboxylic acids is 1. The van der Waals surface area contributed by atoms with Gasteiger partial charge < -0.3 is 15.7 Å². The highest BCUT2D eigenvalue weighted by molar-refractivity contribution is 5.88.